The zero-order valence-electron chi connectivity index (χ0n) is 11.1. The van der Waals surface area contributed by atoms with Crippen LogP contribution in [0.4, 0.5) is 5.95 Å². The Bertz CT molecular complexity index is 378. The van der Waals surface area contributed by atoms with Crippen molar-refractivity contribution in [2.45, 2.75) is 39.2 Å². The number of anilines is 1. The smallest absolute Gasteiger partial charge is 0.225 e. The molecule has 100 valence electrons. The number of hydrogen-bond donors (Lipinski definition) is 1. The predicted octanol–water partition coefficient (Wildman–Crippen LogP) is 2.16. The van der Waals surface area contributed by atoms with Gasteiger partial charge in [-0.25, -0.2) is 4.98 Å². The summed E-state index contributed by atoms with van der Waals surface area (Å²) in [7, 11) is 0. The molecule has 1 fully saturated rings. The summed E-state index contributed by atoms with van der Waals surface area (Å²) in [4.78, 5) is 8.66. The lowest BCUT2D eigenvalue weighted by Gasteiger charge is -2.23. The lowest BCUT2D eigenvalue weighted by molar-refractivity contribution is 0.0234. The first-order valence-electron chi connectivity index (χ1n) is 6.61. The van der Waals surface area contributed by atoms with E-state index in [0.717, 1.165) is 44.6 Å². The van der Waals surface area contributed by atoms with Crippen LogP contribution in [-0.2, 0) is 4.74 Å². The minimum atomic E-state index is 0.214. The second kappa shape index (κ2) is 6.54. The van der Waals surface area contributed by atoms with Gasteiger partial charge in [-0.2, -0.15) is 4.98 Å². The molecule has 1 aromatic heterocycles. The minimum Gasteiger partial charge on any atom is -0.474 e. The standard InChI is InChI=1S/C13H21N3O2/c1-3-6-14-13-15-9-10(2)12(16-13)18-11-4-7-17-8-5-11/h9,11H,3-8H2,1-2H3,(H,14,15,16). The second-order valence-corrected chi connectivity index (χ2v) is 4.54. The molecule has 0 spiro atoms. The van der Waals surface area contributed by atoms with Crippen LogP contribution < -0.4 is 10.1 Å². The first kappa shape index (κ1) is 13.1. The van der Waals surface area contributed by atoms with Gasteiger partial charge in [-0.05, 0) is 13.3 Å². The van der Waals surface area contributed by atoms with Crippen LogP contribution in [0.25, 0.3) is 0 Å². The Morgan fingerprint density at radius 1 is 1.44 bits per heavy atom. The molecule has 1 aromatic rings. The number of rotatable bonds is 5. The molecular formula is C13H21N3O2. The molecule has 0 atom stereocenters. The van der Waals surface area contributed by atoms with E-state index < -0.39 is 0 Å². The van der Waals surface area contributed by atoms with Crippen LogP contribution in [0.15, 0.2) is 6.20 Å². The van der Waals surface area contributed by atoms with E-state index in [0.29, 0.717) is 11.8 Å². The fraction of sp³-hybridized carbons (Fsp3) is 0.692. The largest absolute Gasteiger partial charge is 0.474 e. The lowest BCUT2D eigenvalue weighted by Crippen LogP contribution is -2.26. The number of aryl methyl sites for hydroxylation is 1. The van der Waals surface area contributed by atoms with Crippen LogP contribution in [-0.4, -0.2) is 35.8 Å². The average molecular weight is 251 g/mol. The maximum Gasteiger partial charge on any atom is 0.225 e. The molecule has 5 heteroatoms. The SMILES string of the molecule is CCCNc1ncc(C)c(OC2CCOCC2)n1. The summed E-state index contributed by atoms with van der Waals surface area (Å²) in [5, 5.41) is 3.17. The predicted molar refractivity (Wildman–Crippen MR) is 70.0 cm³/mol. The van der Waals surface area contributed by atoms with Crippen molar-refractivity contribution in [1.82, 2.24) is 9.97 Å². The molecule has 0 saturated carbocycles. The zero-order chi connectivity index (χ0) is 12.8. The van der Waals surface area contributed by atoms with E-state index in [9.17, 15) is 0 Å². The molecule has 5 nitrogen and oxygen atoms in total. The van der Waals surface area contributed by atoms with Crippen molar-refractivity contribution in [3.63, 3.8) is 0 Å². The normalized spacial score (nSPS) is 16.6. The van der Waals surface area contributed by atoms with E-state index in [-0.39, 0.29) is 6.10 Å². The van der Waals surface area contributed by atoms with Crippen molar-refractivity contribution in [2.75, 3.05) is 25.1 Å². The van der Waals surface area contributed by atoms with Crippen LogP contribution in [0.1, 0.15) is 31.7 Å². The van der Waals surface area contributed by atoms with Gasteiger partial charge in [0.2, 0.25) is 11.8 Å². The molecule has 1 N–H and O–H groups in total. The molecule has 0 bridgehead atoms. The molecule has 18 heavy (non-hydrogen) atoms. The molecular weight excluding hydrogens is 230 g/mol. The quantitative estimate of drug-likeness (QED) is 0.869. The van der Waals surface area contributed by atoms with Gasteiger partial charge in [0.25, 0.3) is 0 Å². The number of ether oxygens (including phenoxy) is 2. The van der Waals surface area contributed by atoms with Gasteiger partial charge in [0, 0.05) is 31.1 Å². The number of aromatic nitrogens is 2. The van der Waals surface area contributed by atoms with Crippen LogP contribution in [0.5, 0.6) is 5.88 Å². The van der Waals surface area contributed by atoms with Crippen LogP contribution in [0.3, 0.4) is 0 Å². The van der Waals surface area contributed by atoms with Crippen LogP contribution >= 0.6 is 0 Å². The van der Waals surface area contributed by atoms with Crippen molar-refractivity contribution in [1.29, 1.82) is 0 Å². The minimum absolute atomic E-state index is 0.214. The summed E-state index contributed by atoms with van der Waals surface area (Å²) in [6.45, 7) is 6.50. The second-order valence-electron chi connectivity index (χ2n) is 4.54. The number of nitrogens with zero attached hydrogens (tertiary/aromatic N) is 2. The van der Waals surface area contributed by atoms with Crippen LogP contribution in [0.2, 0.25) is 0 Å². The average Bonchev–Trinajstić information content (AvgIpc) is 2.41. The Morgan fingerprint density at radius 2 is 2.22 bits per heavy atom. The first-order chi connectivity index (χ1) is 8.79. The first-order valence-corrected chi connectivity index (χ1v) is 6.61. The molecule has 0 aromatic carbocycles. The van der Waals surface area contributed by atoms with Crippen molar-refractivity contribution >= 4 is 5.95 Å². The lowest BCUT2D eigenvalue weighted by atomic mass is 10.1. The zero-order valence-corrected chi connectivity index (χ0v) is 11.1. The third kappa shape index (κ3) is 3.57. The molecule has 1 aliphatic heterocycles. The maximum absolute atomic E-state index is 5.94. The van der Waals surface area contributed by atoms with Crippen molar-refractivity contribution in [3.8, 4) is 5.88 Å². The van der Waals surface area contributed by atoms with Gasteiger partial charge in [-0.15, -0.1) is 0 Å². The van der Waals surface area contributed by atoms with Gasteiger partial charge < -0.3 is 14.8 Å². The molecule has 2 heterocycles. The summed E-state index contributed by atoms with van der Waals surface area (Å²) in [6.07, 6.45) is 4.93. The van der Waals surface area contributed by atoms with Crippen molar-refractivity contribution in [2.24, 2.45) is 0 Å². The molecule has 0 unspecified atom stereocenters. The summed E-state index contributed by atoms with van der Waals surface area (Å²) >= 11 is 0. The van der Waals surface area contributed by atoms with Crippen molar-refractivity contribution in [3.05, 3.63) is 11.8 Å². The van der Waals surface area contributed by atoms with Gasteiger partial charge >= 0.3 is 0 Å². The van der Waals surface area contributed by atoms with Crippen LogP contribution in [0, 0.1) is 6.92 Å². The topological polar surface area (TPSA) is 56.3 Å². The monoisotopic (exact) mass is 251 g/mol. The fourth-order valence-electron chi connectivity index (χ4n) is 1.82. The highest BCUT2D eigenvalue weighted by atomic mass is 16.5. The Morgan fingerprint density at radius 3 is 2.94 bits per heavy atom. The summed E-state index contributed by atoms with van der Waals surface area (Å²) in [5.74, 6) is 1.33. The Balaban J connectivity index is 2.00. The third-order valence-electron chi connectivity index (χ3n) is 2.91. The van der Waals surface area contributed by atoms with Gasteiger partial charge in [-0.3, -0.25) is 0 Å². The van der Waals surface area contributed by atoms with E-state index >= 15 is 0 Å². The highest BCUT2D eigenvalue weighted by Crippen LogP contribution is 2.20. The van der Waals surface area contributed by atoms with E-state index in [2.05, 4.69) is 22.2 Å². The van der Waals surface area contributed by atoms with Gasteiger partial charge in [0.05, 0.1) is 13.2 Å². The van der Waals surface area contributed by atoms with Gasteiger partial charge in [-0.1, -0.05) is 6.92 Å². The summed E-state index contributed by atoms with van der Waals surface area (Å²) < 4.78 is 11.3. The highest BCUT2D eigenvalue weighted by Gasteiger charge is 2.17. The van der Waals surface area contributed by atoms with E-state index in [1.165, 1.54) is 0 Å². The third-order valence-corrected chi connectivity index (χ3v) is 2.91. The molecule has 0 amide bonds. The molecule has 0 aliphatic carbocycles. The summed E-state index contributed by atoms with van der Waals surface area (Å²) in [5.41, 5.74) is 0.976. The van der Waals surface area contributed by atoms with Gasteiger partial charge in [0.1, 0.15) is 6.10 Å². The maximum atomic E-state index is 5.94. The van der Waals surface area contributed by atoms with E-state index in [1.54, 1.807) is 6.20 Å². The molecule has 1 aliphatic rings. The Hall–Kier alpha value is -1.36. The Kier molecular flexibility index (Phi) is 4.75. The molecule has 2 rings (SSSR count). The number of nitrogens with one attached hydrogen (secondary N) is 1. The van der Waals surface area contributed by atoms with Gasteiger partial charge in [0.15, 0.2) is 0 Å². The molecule has 1 saturated heterocycles. The highest BCUT2D eigenvalue weighted by molar-refractivity contribution is 5.32. The summed E-state index contributed by atoms with van der Waals surface area (Å²) in [6, 6.07) is 0. The number of hydrogen-bond acceptors (Lipinski definition) is 5. The van der Waals surface area contributed by atoms with Crippen molar-refractivity contribution < 1.29 is 9.47 Å². The van der Waals surface area contributed by atoms with E-state index in [1.807, 2.05) is 6.92 Å². The molecule has 0 radical (unpaired) electrons. The fourth-order valence-corrected chi connectivity index (χ4v) is 1.82. The Labute approximate surface area is 108 Å². The van der Waals surface area contributed by atoms with E-state index in [4.69, 9.17) is 9.47 Å².